The van der Waals surface area contributed by atoms with Crippen LogP contribution in [-0.4, -0.2) is 62.2 Å². The molecule has 2 fully saturated rings. The van der Waals surface area contributed by atoms with E-state index in [9.17, 15) is 4.79 Å². The van der Waals surface area contributed by atoms with Crippen molar-refractivity contribution in [3.63, 3.8) is 0 Å². The number of likely N-dealkylation sites (tertiary alicyclic amines) is 1. The molecule has 1 saturated heterocycles. The predicted molar refractivity (Wildman–Crippen MR) is 136 cm³/mol. The second-order valence-electron chi connectivity index (χ2n) is 9.73. The van der Waals surface area contributed by atoms with Gasteiger partial charge in [0.15, 0.2) is 0 Å². The molecule has 34 heavy (non-hydrogen) atoms. The molecule has 2 atom stereocenters. The summed E-state index contributed by atoms with van der Waals surface area (Å²) in [4.78, 5) is 17.8. The van der Waals surface area contributed by atoms with Gasteiger partial charge in [0.1, 0.15) is 12.4 Å². The largest absolute Gasteiger partial charge is 0.497 e. The molecule has 1 aliphatic carbocycles. The van der Waals surface area contributed by atoms with Crippen LogP contribution in [0.2, 0.25) is 5.02 Å². The molecule has 2 aromatic carbocycles. The molecule has 4 rings (SSSR count). The highest BCUT2D eigenvalue weighted by molar-refractivity contribution is 6.30. The smallest absolute Gasteiger partial charge is 0.248 e. The Balaban J connectivity index is 1.57. The van der Waals surface area contributed by atoms with Gasteiger partial charge in [0.2, 0.25) is 5.91 Å². The molecule has 6 heteroatoms. The molecule has 2 aliphatic rings. The molecule has 0 bridgehead atoms. The number of rotatable bonds is 9. The first-order valence-corrected chi connectivity index (χ1v) is 12.8. The maximum atomic E-state index is 13.1. The van der Waals surface area contributed by atoms with Crippen molar-refractivity contribution in [1.29, 1.82) is 0 Å². The lowest BCUT2D eigenvalue weighted by Crippen LogP contribution is -2.46. The highest BCUT2D eigenvalue weighted by Gasteiger charge is 2.37. The van der Waals surface area contributed by atoms with E-state index in [2.05, 4.69) is 40.1 Å². The molecule has 0 spiro atoms. The van der Waals surface area contributed by atoms with E-state index in [-0.39, 0.29) is 12.5 Å². The topological polar surface area (TPSA) is 42.0 Å². The highest BCUT2D eigenvalue weighted by Crippen LogP contribution is 2.37. The minimum absolute atomic E-state index is 0.120. The van der Waals surface area contributed by atoms with Crippen molar-refractivity contribution in [2.45, 2.75) is 50.6 Å². The van der Waals surface area contributed by atoms with Gasteiger partial charge in [-0.25, -0.2) is 0 Å². The number of amides is 1. The van der Waals surface area contributed by atoms with E-state index in [1.807, 2.05) is 18.2 Å². The second kappa shape index (κ2) is 12.1. The number of carbonyl (C=O) groups is 1. The number of carbonyl (C=O) groups excluding carboxylic acids is 1. The number of hydrogen-bond acceptors (Lipinski definition) is 4. The fourth-order valence-corrected chi connectivity index (χ4v) is 5.80. The lowest BCUT2D eigenvalue weighted by Gasteiger charge is -2.37. The minimum atomic E-state index is 0.120. The first-order chi connectivity index (χ1) is 16.6. The Morgan fingerprint density at radius 2 is 1.82 bits per heavy atom. The van der Waals surface area contributed by atoms with Gasteiger partial charge in [-0.2, -0.15) is 0 Å². The third-order valence-corrected chi connectivity index (χ3v) is 7.64. The van der Waals surface area contributed by atoms with E-state index in [4.69, 9.17) is 21.1 Å². The summed E-state index contributed by atoms with van der Waals surface area (Å²) in [6.45, 7) is 3.71. The zero-order valence-corrected chi connectivity index (χ0v) is 21.2. The third-order valence-electron chi connectivity index (χ3n) is 7.39. The Bertz CT molecular complexity index is 930. The summed E-state index contributed by atoms with van der Waals surface area (Å²) in [6, 6.07) is 16.9. The summed E-state index contributed by atoms with van der Waals surface area (Å²) < 4.78 is 10.8. The van der Waals surface area contributed by atoms with E-state index in [1.54, 1.807) is 14.2 Å². The first-order valence-electron chi connectivity index (χ1n) is 12.5. The lowest BCUT2D eigenvalue weighted by molar-refractivity contribution is -0.139. The third kappa shape index (κ3) is 6.32. The minimum Gasteiger partial charge on any atom is -0.497 e. The van der Waals surface area contributed by atoms with Gasteiger partial charge in [-0.1, -0.05) is 55.1 Å². The van der Waals surface area contributed by atoms with Crippen LogP contribution in [0.4, 0.5) is 0 Å². The van der Waals surface area contributed by atoms with Crippen LogP contribution in [0.25, 0.3) is 0 Å². The molecular formula is C28H37ClN2O3. The zero-order chi connectivity index (χ0) is 23.9. The normalized spacial score (nSPS) is 21.5. The quantitative estimate of drug-likeness (QED) is 0.479. The first kappa shape index (κ1) is 25.0. The standard InChI is InChI=1S/C28H37ClN2O3/c1-33-20-28(32)31(25-8-4-3-5-9-25)18-23-17-30(16-21-11-13-24(29)14-12-21)19-27(23)22-7-6-10-26(15-22)34-2/h6-7,10-15,23,25,27H,3-5,8-9,16-20H2,1-2H3. The number of ether oxygens (including phenoxy) is 2. The molecule has 1 amide bonds. The van der Waals surface area contributed by atoms with Gasteiger partial charge in [0, 0.05) is 50.3 Å². The average Bonchev–Trinajstić information content (AvgIpc) is 3.27. The molecule has 0 radical (unpaired) electrons. The molecular weight excluding hydrogens is 448 g/mol. The molecule has 1 aliphatic heterocycles. The van der Waals surface area contributed by atoms with Crippen molar-refractivity contribution in [3.05, 3.63) is 64.7 Å². The molecule has 0 aromatic heterocycles. The van der Waals surface area contributed by atoms with Crippen LogP contribution in [0.3, 0.4) is 0 Å². The SMILES string of the molecule is COCC(=O)N(CC1CN(Cc2ccc(Cl)cc2)CC1c1cccc(OC)c1)C1CCCCC1. The van der Waals surface area contributed by atoms with Crippen molar-refractivity contribution in [1.82, 2.24) is 9.80 Å². The van der Waals surface area contributed by atoms with E-state index >= 15 is 0 Å². The Hall–Kier alpha value is -2.08. The fraction of sp³-hybridized carbons (Fsp3) is 0.536. The maximum absolute atomic E-state index is 13.1. The summed E-state index contributed by atoms with van der Waals surface area (Å²) >= 11 is 6.10. The molecule has 1 saturated carbocycles. The van der Waals surface area contributed by atoms with E-state index < -0.39 is 0 Å². The Labute approximate surface area is 209 Å². The van der Waals surface area contributed by atoms with E-state index in [0.29, 0.717) is 17.9 Å². The van der Waals surface area contributed by atoms with Gasteiger partial charge in [-0.15, -0.1) is 0 Å². The molecule has 2 aromatic rings. The number of hydrogen-bond donors (Lipinski definition) is 0. The van der Waals surface area contributed by atoms with Gasteiger partial charge in [-0.3, -0.25) is 9.69 Å². The van der Waals surface area contributed by atoms with Gasteiger partial charge in [0.25, 0.3) is 0 Å². The van der Waals surface area contributed by atoms with Crippen molar-refractivity contribution in [2.75, 3.05) is 40.5 Å². The molecule has 2 unspecified atom stereocenters. The zero-order valence-electron chi connectivity index (χ0n) is 20.4. The molecule has 5 nitrogen and oxygen atoms in total. The monoisotopic (exact) mass is 484 g/mol. The summed E-state index contributed by atoms with van der Waals surface area (Å²) in [5.41, 5.74) is 2.54. The van der Waals surface area contributed by atoms with Crippen molar-refractivity contribution < 1.29 is 14.3 Å². The van der Waals surface area contributed by atoms with Crippen LogP contribution in [-0.2, 0) is 16.1 Å². The predicted octanol–water partition coefficient (Wildman–Crippen LogP) is 5.37. The van der Waals surface area contributed by atoms with Gasteiger partial charge in [-0.05, 0) is 54.2 Å². The second-order valence-corrected chi connectivity index (χ2v) is 10.2. The van der Waals surface area contributed by atoms with E-state index in [1.165, 1.54) is 30.4 Å². The highest BCUT2D eigenvalue weighted by atomic mass is 35.5. The maximum Gasteiger partial charge on any atom is 0.248 e. The summed E-state index contributed by atoms with van der Waals surface area (Å²) in [7, 11) is 3.33. The van der Waals surface area contributed by atoms with E-state index in [0.717, 1.165) is 49.8 Å². The van der Waals surface area contributed by atoms with Crippen molar-refractivity contribution >= 4 is 17.5 Å². The van der Waals surface area contributed by atoms with Crippen molar-refractivity contribution in [2.24, 2.45) is 5.92 Å². The Morgan fingerprint density at radius 3 is 2.53 bits per heavy atom. The molecule has 184 valence electrons. The Kier molecular flexibility index (Phi) is 8.87. The van der Waals surface area contributed by atoms with Crippen LogP contribution in [0.1, 0.15) is 49.1 Å². The number of nitrogens with zero attached hydrogens (tertiary/aromatic N) is 2. The van der Waals surface area contributed by atoms with Gasteiger partial charge >= 0.3 is 0 Å². The number of benzene rings is 2. The van der Waals surface area contributed by atoms with Gasteiger partial charge in [0.05, 0.1) is 7.11 Å². The lowest BCUT2D eigenvalue weighted by atomic mass is 9.87. The van der Waals surface area contributed by atoms with Crippen LogP contribution < -0.4 is 4.74 Å². The van der Waals surface area contributed by atoms with Crippen LogP contribution >= 0.6 is 11.6 Å². The molecule has 0 N–H and O–H groups in total. The van der Waals surface area contributed by atoms with Crippen LogP contribution in [0, 0.1) is 5.92 Å². The average molecular weight is 485 g/mol. The van der Waals surface area contributed by atoms with Crippen LogP contribution in [0.5, 0.6) is 5.75 Å². The van der Waals surface area contributed by atoms with Crippen LogP contribution in [0.15, 0.2) is 48.5 Å². The molecule has 1 heterocycles. The fourth-order valence-electron chi connectivity index (χ4n) is 5.68. The summed E-state index contributed by atoms with van der Waals surface area (Å²) in [5.74, 6) is 1.69. The Morgan fingerprint density at radius 1 is 1.06 bits per heavy atom. The number of methoxy groups -OCH3 is 2. The number of halogens is 1. The van der Waals surface area contributed by atoms with Gasteiger partial charge < -0.3 is 14.4 Å². The summed E-state index contributed by atoms with van der Waals surface area (Å²) in [5, 5.41) is 0.761. The summed E-state index contributed by atoms with van der Waals surface area (Å²) in [6.07, 6.45) is 5.87. The van der Waals surface area contributed by atoms with Crippen molar-refractivity contribution in [3.8, 4) is 5.75 Å².